The molecule has 5 rings (SSSR count). The zero-order valence-electron chi connectivity index (χ0n) is 26.1. The highest BCUT2D eigenvalue weighted by Crippen LogP contribution is 2.33. The van der Waals surface area contributed by atoms with Gasteiger partial charge in [0, 0.05) is 47.8 Å². The molecule has 2 aromatic heterocycles. The number of benzene rings is 1. The highest BCUT2D eigenvalue weighted by molar-refractivity contribution is 7.09. The fraction of sp³-hybridized carbons (Fsp3) is 0.438. The van der Waals surface area contributed by atoms with Gasteiger partial charge in [0.25, 0.3) is 5.91 Å². The van der Waals surface area contributed by atoms with Crippen molar-refractivity contribution in [1.29, 1.82) is 0 Å². The number of likely N-dealkylation sites (tertiary alicyclic amines) is 1. The van der Waals surface area contributed by atoms with Crippen molar-refractivity contribution < 1.29 is 28.6 Å². The summed E-state index contributed by atoms with van der Waals surface area (Å²) in [6.07, 6.45) is 3.12. The minimum Gasteiger partial charge on any atom is -0.486 e. The number of urea groups is 1. The molecule has 240 valence electrons. The first kappa shape index (κ1) is 32.0. The summed E-state index contributed by atoms with van der Waals surface area (Å²) in [6.45, 7) is 11.2. The molecule has 0 radical (unpaired) electrons. The maximum Gasteiger partial charge on any atom is 0.412 e. The maximum atomic E-state index is 13.6. The summed E-state index contributed by atoms with van der Waals surface area (Å²) >= 11 is 1.33. The molecule has 2 aliphatic rings. The van der Waals surface area contributed by atoms with Gasteiger partial charge in [-0.15, -0.1) is 11.3 Å². The van der Waals surface area contributed by atoms with Gasteiger partial charge >= 0.3 is 12.1 Å². The molecular weight excluding hydrogens is 596 g/mol. The summed E-state index contributed by atoms with van der Waals surface area (Å²) in [5.41, 5.74) is 1.84. The Morgan fingerprint density at radius 1 is 1.04 bits per heavy atom. The standard InChI is InChI=1S/C32H40N6O6S/c1-5-37-12-6-7-23(37)18-38(30(40)34-22-9-11-27-28(15-22)43-14-13-42-27)17-21-8-10-24(33-16-21)29(39)35-25-19-45-20-26(25)36-31(41)44-32(2,3)4/h8-11,15-16,19-20,23H,5-7,12-14,17-18H2,1-4H3,(H,34,40)(H,35,39)(H,36,41). The maximum absolute atomic E-state index is 13.6. The van der Waals surface area contributed by atoms with E-state index in [9.17, 15) is 14.4 Å². The third-order valence-electron chi connectivity index (χ3n) is 7.39. The van der Waals surface area contributed by atoms with E-state index in [-0.39, 0.29) is 17.8 Å². The zero-order chi connectivity index (χ0) is 32.0. The van der Waals surface area contributed by atoms with Gasteiger partial charge in [-0.2, -0.15) is 0 Å². The number of pyridine rings is 1. The molecule has 3 aromatic rings. The zero-order valence-corrected chi connectivity index (χ0v) is 26.9. The lowest BCUT2D eigenvalue weighted by Gasteiger charge is -2.30. The number of anilines is 3. The highest BCUT2D eigenvalue weighted by Gasteiger charge is 2.28. The van der Waals surface area contributed by atoms with Gasteiger partial charge in [0.05, 0.1) is 11.4 Å². The van der Waals surface area contributed by atoms with Crippen LogP contribution >= 0.6 is 11.3 Å². The molecule has 1 atom stereocenters. The highest BCUT2D eigenvalue weighted by atomic mass is 32.1. The molecule has 12 nitrogen and oxygen atoms in total. The van der Waals surface area contributed by atoms with E-state index in [1.807, 2.05) is 0 Å². The summed E-state index contributed by atoms with van der Waals surface area (Å²) in [7, 11) is 0. The van der Waals surface area contributed by atoms with E-state index in [1.165, 1.54) is 11.3 Å². The molecule has 0 spiro atoms. The number of rotatable bonds is 9. The number of aromatic nitrogens is 1. The van der Waals surface area contributed by atoms with Crippen molar-refractivity contribution in [1.82, 2.24) is 14.8 Å². The minimum absolute atomic E-state index is 0.202. The Bertz CT molecular complexity index is 1500. The van der Waals surface area contributed by atoms with Gasteiger partial charge in [-0.05, 0) is 70.5 Å². The Balaban J connectivity index is 1.25. The van der Waals surface area contributed by atoms with Crippen LogP contribution in [0.4, 0.5) is 26.7 Å². The molecule has 2 aliphatic heterocycles. The fourth-order valence-electron chi connectivity index (χ4n) is 5.28. The first-order valence-corrected chi connectivity index (χ1v) is 16.0. The molecule has 0 saturated carbocycles. The third-order valence-corrected chi connectivity index (χ3v) is 8.14. The van der Waals surface area contributed by atoms with Crippen molar-refractivity contribution >= 4 is 46.4 Å². The predicted octanol–water partition coefficient (Wildman–Crippen LogP) is 6.03. The van der Waals surface area contributed by atoms with Crippen LogP contribution in [-0.4, -0.2) is 77.3 Å². The topological polar surface area (TPSA) is 134 Å². The van der Waals surface area contributed by atoms with E-state index in [2.05, 4.69) is 32.8 Å². The molecule has 4 amide bonds. The second-order valence-corrected chi connectivity index (χ2v) is 12.7. The largest absolute Gasteiger partial charge is 0.486 e. The van der Waals surface area contributed by atoms with Gasteiger partial charge in [0.15, 0.2) is 11.5 Å². The summed E-state index contributed by atoms with van der Waals surface area (Å²) < 4.78 is 16.6. The van der Waals surface area contributed by atoms with E-state index in [0.29, 0.717) is 54.9 Å². The molecule has 1 aromatic carbocycles. The number of thiophene rings is 1. The van der Waals surface area contributed by atoms with Gasteiger partial charge in [0.1, 0.15) is 24.5 Å². The van der Waals surface area contributed by atoms with Crippen LogP contribution < -0.4 is 25.4 Å². The first-order valence-electron chi connectivity index (χ1n) is 15.1. The van der Waals surface area contributed by atoms with Crippen molar-refractivity contribution in [3.63, 3.8) is 0 Å². The molecule has 0 bridgehead atoms. The van der Waals surface area contributed by atoms with Gasteiger partial charge in [-0.3, -0.25) is 20.0 Å². The van der Waals surface area contributed by atoms with Crippen LogP contribution in [0.3, 0.4) is 0 Å². The van der Waals surface area contributed by atoms with Crippen molar-refractivity contribution in [2.45, 2.75) is 58.7 Å². The Morgan fingerprint density at radius 3 is 2.51 bits per heavy atom. The molecule has 1 unspecified atom stereocenters. The Kier molecular flexibility index (Phi) is 10.1. The van der Waals surface area contributed by atoms with Crippen LogP contribution in [0.15, 0.2) is 47.3 Å². The van der Waals surface area contributed by atoms with Crippen LogP contribution in [0.25, 0.3) is 0 Å². The van der Waals surface area contributed by atoms with Crippen LogP contribution in [0.1, 0.15) is 56.6 Å². The number of ether oxygens (including phenoxy) is 3. The molecule has 0 aliphatic carbocycles. The number of likely N-dealkylation sites (N-methyl/N-ethyl adjacent to an activating group) is 1. The first-order chi connectivity index (χ1) is 21.6. The number of hydrogen-bond acceptors (Lipinski definition) is 9. The molecular formula is C32H40N6O6S. The molecule has 4 heterocycles. The normalized spacial score (nSPS) is 16.1. The smallest absolute Gasteiger partial charge is 0.412 e. The van der Waals surface area contributed by atoms with Gasteiger partial charge < -0.3 is 29.7 Å². The monoisotopic (exact) mass is 636 g/mol. The van der Waals surface area contributed by atoms with Crippen LogP contribution in [0, 0.1) is 0 Å². The summed E-state index contributed by atoms with van der Waals surface area (Å²) in [6, 6.07) is 8.82. The lowest BCUT2D eigenvalue weighted by atomic mass is 10.1. The van der Waals surface area contributed by atoms with Crippen molar-refractivity contribution in [3.05, 3.63) is 58.5 Å². The summed E-state index contributed by atoms with van der Waals surface area (Å²) in [4.78, 5) is 47.4. The van der Waals surface area contributed by atoms with E-state index in [1.54, 1.807) is 73.0 Å². The number of hydrogen-bond donors (Lipinski definition) is 3. The second-order valence-electron chi connectivity index (χ2n) is 11.9. The number of amides is 4. The van der Waals surface area contributed by atoms with Crippen molar-refractivity contribution in [2.75, 3.05) is 48.8 Å². The van der Waals surface area contributed by atoms with Gasteiger partial charge in [-0.1, -0.05) is 13.0 Å². The van der Waals surface area contributed by atoms with Crippen LogP contribution in [0.5, 0.6) is 11.5 Å². The van der Waals surface area contributed by atoms with Crippen LogP contribution in [-0.2, 0) is 11.3 Å². The fourth-order valence-corrected chi connectivity index (χ4v) is 5.99. The predicted molar refractivity (Wildman–Crippen MR) is 173 cm³/mol. The van der Waals surface area contributed by atoms with E-state index < -0.39 is 17.6 Å². The number of nitrogens with one attached hydrogen (secondary N) is 3. The second kappa shape index (κ2) is 14.2. The quantitative estimate of drug-likeness (QED) is 0.259. The summed E-state index contributed by atoms with van der Waals surface area (Å²) in [5.74, 6) is 0.835. The molecule has 1 saturated heterocycles. The Labute approximate surface area is 267 Å². The lowest BCUT2D eigenvalue weighted by Crippen LogP contribution is -2.44. The van der Waals surface area contributed by atoms with Crippen LogP contribution in [0.2, 0.25) is 0 Å². The molecule has 1 fully saturated rings. The van der Waals surface area contributed by atoms with E-state index in [0.717, 1.165) is 31.5 Å². The number of nitrogens with zero attached hydrogens (tertiary/aromatic N) is 3. The number of fused-ring (bicyclic) bond motifs is 1. The summed E-state index contributed by atoms with van der Waals surface area (Å²) in [5, 5.41) is 11.9. The van der Waals surface area contributed by atoms with Crippen molar-refractivity contribution in [3.8, 4) is 11.5 Å². The van der Waals surface area contributed by atoms with Crippen molar-refractivity contribution in [2.24, 2.45) is 0 Å². The van der Waals surface area contributed by atoms with Gasteiger partial charge in [-0.25, -0.2) is 9.59 Å². The van der Waals surface area contributed by atoms with Gasteiger partial charge in [0.2, 0.25) is 0 Å². The van der Waals surface area contributed by atoms with E-state index >= 15 is 0 Å². The Hall–Kier alpha value is -4.36. The molecule has 3 N–H and O–H groups in total. The number of carbonyl (C=O) groups is 3. The SMILES string of the molecule is CCN1CCCC1CN(Cc1ccc(C(=O)Nc2cscc2NC(=O)OC(C)(C)C)nc1)C(=O)Nc1ccc2c(c1)OCCO2. The van der Waals surface area contributed by atoms with E-state index in [4.69, 9.17) is 14.2 Å². The Morgan fingerprint density at radius 2 is 1.80 bits per heavy atom. The number of carbonyl (C=O) groups excluding carboxylic acids is 3. The third kappa shape index (κ3) is 8.64. The molecule has 45 heavy (non-hydrogen) atoms. The lowest BCUT2D eigenvalue weighted by molar-refractivity contribution is 0.0635. The average Bonchev–Trinajstić information content (AvgIpc) is 3.64. The average molecular weight is 637 g/mol. The minimum atomic E-state index is -0.649. The molecule has 13 heteroatoms.